The van der Waals surface area contributed by atoms with Crippen molar-refractivity contribution in [3.63, 3.8) is 0 Å². The Kier molecular flexibility index (Phi) is 3.98. The summed E-state index contributed by atoms with van der Waals surface area (Å²) in [5, 5.41) is 8.30. The Morgan fingerprint density at radius 3 is 2.93 bits per heavy atom. The highest BCUT2D eigenvalue weighted by Gasteiger charge is 2.11. The molecule has 0 bridgehead atoms. The summed E-state index contributed by atoms with van der Waals surface area (Å²) < 4.78 is 0. The Morgan fingerprint density at radius 2 is 2.36 bits per heavy atom. The van der Waals surface area contributed by atoms with Crippen molar-refractivity contribution in [1.29, 1.82) is 0 Å². The van der Waals surface area contributed by atoms with Gasteiger partial charge in [-0.3, -0.25) is 4.79 Å². The third-order valence-corrected chi connectivity index (χ3v) is 2.88. The maximum Gasteiger partial charge on any atom is 0.316 e. The molecule has 3 nitrogen and oxygen atoms in total. The number of carboxylic acid groups (broad SMARTS) is 1. The van der Waals surface area contributed by atoms with Crippen molar-refractivity contribution in [3.05, 3.63) is 29.8 Å². The van der Waals surface area contributed by atoms with Gasteiger partial charge in [0.1, 0.15) is 5.25 Å². The van der Waals surface area contributed by atoms with Crippen LogP contribution >= 0.6 is 11.8 Å². The molecule has 3 N–H and O–H groups in total. The standard InChI is InChI=1S/C10H13NO2S/c1-7(10(12)13)14-9-4-2-3-8(5-9)6-11/h2-5,7H,6,11H2,1H3,(H,12,13). The zero-order valence-electron chi connectivity index (χ0n) is 7.93. The fraction of sp³-hybridized carbons (Fsp3) is 0.300. The van der Waals surface area contributed by atoms with Crippen LogP contribution in [0.4, 0.5) is 0 Å². The van der Waals surface area contributed by atoms with E-state index in [1.54, 1.807) is 6.92 Å². The minimum Gasteiger partial charge on any atom is -0.480 e. The average molecular weight is 211 g/mol. The molecule has 0 aliphatic carbocycles. The number of aliphatic carboxylic acids is 1. The van der Waals surface area contributed by atoms with Crippen molar-refractivity contribution in [2.45, 2.75) is 23.6 Å². The van der Waals surface area contributed by atoms with Crippen molar-refractivity contribution >= 4 is 17.7 Å². The van der Waals surface area contributed by atoms with Gasteiger partial charge in [0.2, 0.25) is 0 Å². The van der Waals surface area contributed by atoms with Crippen LogP contribution in [0.15, 0.2) is 29.2 Å². The van der Waals surface area contributed by atoms with Crippen LogP contribution in [0.5, 0.6) is 0 Å². The number of thioether (sulfide) groups is 1. The zero-order valence-corrected chi connectivity index (χ0v) is 8.75. The van der Waals surface area contributed by atoms with Gasteiger partial charge in [-0.25, -0.2) is 0 Å². The highest BCUT2D eigenvalue weighted by Crippen LogP contribution is 2.23. The number of hydrogen-bond donors (Lipinski definition) is 2. The molecular formula is C10H13NO2S. The molecule has 1 rings (SSSR count). The van der Waals surface area contributed by atoms with Crippen molar-refractivity contribution < 1.29 is 9.90 Å². The summed E-state index contributed by atoms with van der Waals surface area (Å²) in [4.78, 5) is 11.6. The molecule has 0 saturated carbocycles. The van der Waals surface area contributed by atoms with Gasteiger partial charge in [-0.2, -0.15) is 0 Å². The minimum absolute atomic E-state index is 0.428. The van der Waals surface area contributed by atoms with Crippen LogP contribution in [0.2, 0.25) is 0 Å². The van der Waals surface area contributed by atoms with Gasteiger partial charge < -0.3 is 10.8 Å². The Morgan fingerprint density at radius 1 is 1.64 bits per heavy atom. The van der Waals surface area contributed by atoms with Gasteiger partial charge >= 0.3 is 5.97 Å². The fourth-order valence-electron chi connectivity index (χ4n) is 1.00. The molecule has 14 heavy (non-hydrogen) atoms. The van der Waals surface area contributed by atoms with Crippen LogP contribution < -0.4 is 5.73 Å². The second-order valence-electron chi connectivity index (χ2n) is 2.95. The molecule has 1 unspecified atom stereocenters. The van der Waals surface area contributed by atoms with Gasteiger partial charge in [0.15, 0.2) is 0 Å². The van der Waals surface area contributed by atoms with Crippen molar-refractivity contribution in [2.75, 3.05) is 0 Å². The first-order valence-electron chi connectivity index (χ1n) is 4.32. The molecule has 1 aromatic carbocycles. The first-order chi connectivity index (χ1) is 6.63. The number of nitrogens with two attached hydrogens (primary N) is 1. The van der Waals surface area contributed by atoms with Crippen molar-refractivity contribution in [1.82, 2.24) is 0 Å². The van der Waals surface area contributed by atoms with E-state index in [-0.39, 0.29) is 0 Å². The lowest BCUT2D eigenvalue weighted by molar-refractivity contribution is -0.136. The van der Waals surface area contributed by atoms with Crippen molar-refractivity contribution in [3.8, 4) is 0 Å². The van der Waals surface area contributed by atoms with Gasteiger partial charge in [0.25, 0.3) is 0 Å². The SMILES string of the molecule is CC(Sc1cccc(CN)c1)C(=O)O. The molecular weight excluding hydrogens is 198 g/mol. The lowest BCUT2D eigenvalue weighted by Gasteiger charge is -2.06. The minimum atomic E-state index is -0.798. The summed E-state index contributed by atoms with van der Waals surface area (Å²) in [5.41, 5.74) is 6.50. The molecule has 0 saturated heterocycles. The van der Waals surface area contributed by atoms with Crippen molar-refractivity contribution in [2.24, 2.45) is 5.73 Å². The van der Waals surface area contributed by atoms with Crippen LogP contribution in [-0.4, -0.2) is 16.3 Å². The summed E-state index contributed by atoms with van der Waals surface area (Å²) in [5.74, 6) is -0.798. The first-order valence-corrected chi connectivity index (χ1v) is 5.20. The van der Waals surface area contributed by atoms with Gasteiger partial charge in [0.05, 0.1) is 0 Å². The van der Waals surface area contributed by atoms with E-state index in [0.29, 0.717) is 6.54 Å². The summed E-state index contributed by atoms with van der Waals surface area (Å²) in [6.45, 7) is 2.15. The molecule has 0 radical (unpaired) electrons. The smallest absolute Gasteiger partial charge is 0.316 e. The van der Waals surface area contributed by atoms with E-state index in [2.05, 4.69) is 0 Å². The quantitative estimate of drug-likeness (QED) is 0.744. The van der Waals surface area contributed by atoms with E-state index in [4.69, 9.17) is 10.8 Å². The molecule has 0 heterocycles. The molecule has 76 valence electrons. The molecule has 0 aliphatic heterocycles. The van der Waals surface area contributed by atoms with Gasteiger partial charge in [-0.15, -0.1) is 11.8 Å². The number of carbonyl (C=O) groups is 1. The largest absolute Gasteiger partial charge is 0.480 e. The molecule has 0 fully saturated rings. The normalized spacial score (nSPS) is 12.4. The maximum absolute atomic E-state index is 10.6. The third kappa shape index (κ3) is 3.05. The van der Waals surface area contributed by atoms with Crippen LogP contribution in [-0.2, 0) is 11.3 Å². The first kappa shape index (κ1) is 11.1. The third-order valence-electron chi connectivity index (χ3n) is 1.79. The van der Waals surface area contributed by atoms with Crippen LogP contribution in [0.1, 0.15) is 12.5 Å². The van der Waals surface area contributed by atoms with Gasteiger partial charge in [-0.05, 0) is 24.6 Å². The van der Waals surface area contributed by atoms with E-state index in [0.717, 1.165) is 10.5 Å². The molecule has 0 spiro atoms. The number of benzene rings is 1. The summed E-state index contributed by atoms with van der Waals surface area (Å²) >= 11 is 1.33. The highest BCUT2D eigenvalue weighted by atomic mass is 32.2. The lowest BCUT2D eigenvalue weighted by Crippen LogP contribution is -2.11. The number of carboxylic acids is 1. The van der Waals surface area contributed by atoms with E-state index in [9.17, 15) is 4.79 Å². The average Bonchev–Trinajstić information content (AvgIpc) is 2.18. The summed E-state index contributed by atoms with van der Waals surface area (Å²) in [7, 11) is 0. The number of rotatable bonds is 4. The lowest BCUT2D eigenvalue weighted by atomic mass is 10.2. The van der Waals surface area contributed by atoms with E-state index >= 15 is 0 Å². The van der Waals surface area contributed by atoms with Crippen LogP contribution in [0.3, 0.4) is 0 Å². The predicted octanol–water partition coefficient (Wildman–Crippen LogP) is 1.71. The monoisotopic (exact) mass is 211 g/mol. The summed E-state index contributed by atoms with van der Waals surface area (Å²) in [6.07, 6.45) is 0. The Bertz CT molecular complexity index is 328. The predicted molar refractivity (Wildman–Crippen MR) is 57.3 cm³/mol. The Balaban J connectivity index is 2.71. The van der Waals surface area contributed by atoms with E-state index in [1.165, 1.54) is 11.8 Å². The summed E-state index contributed by atoms with van der Waals surface area (Å²) in [6, 6.07) is 7.63. The molecule has 4 heteroatoms. The van der Waals surface area contributed by atoms with Crippen LogP contribution in [0, 0.1) is 0 Å². The van der Waals surface area contributed by atoms with Gasteiger partial charge in [-0.1, -0.05) is 12.1 Å². The second-order valence-corrected chi connectivity index (χ2v) is 4.36. The Hall–Kier alpha value is -1.00. The molecule has 1 aromatic rings. The molecule has 0 aromatic heterocycles. The van der Waals surface area contributed by atoms with E-state index in [1.807, 2.05) is 24.3 Å². The molecule has 0 aliphatic rings. The van der Waals surface area contributed by atoms with E-state index < -0.39 is 11.2 Å². The molecule has 1 atom stereocenters. The van der Waals surface area contributed by atoms with Crippen LogP contribution in [0.25, 0.3) is 0 Å². The fourth-order valence-corrected chi connectivity index (χ4v) is 1.89. The number of hydrogen-bond acceptors (Lipinski definition) is 3. The highest BCUT2D eigenvalue weighted by molar-refractivity contribution is 8.00. The van der Waals surface area contributed by atoms with Gasteiger partial charge in [0, 0.05) is 11.4 Å². The maximum atomic E-state index is 10.6. The zero-order chi connectivity index (χ0) is 10.6. The topological polar surface area (TPSA) is 63.3 Å². The Labute approximate surface area is 87.3 Å². The molecule has 0 amide bonds. The second kappa shape index (κ2) is 5.02.